The molecule has 0 aromatic heterocycles. The summed E-state index contributed by atoms with van der Waals surface area (Å²) in [6.45, 7) is 1.55. The van der Waals surface area contributed by atoms with E-state index in [4.69, 9.17) is 10.5 Å². The number of urea groups is 1. The summed E-state index contributed by atoms with van der Waals surface area (Å²) in [6.07, 6.45) is 3.32. The number of ketones is 2. The van der Waals surface area contributed by atoms with Gasteiger partial charge in [-0.25, -0.2) is 4.79 Å². The van der Waals surface area contributed by atoms with Crippen LogP contribution in [0.25, 0.3) is 0 Å². The van der Waals surface area contributed by atoms with Gasteiger partial charge in [-0.1, -0.05) is 11.6 Å². The minimum absolute atomic E-state index is 0.0743. The second-order valence-electron chi connectivity index (χ2n) is 9.00. The second kappa shape index (κ2) is 7.51. The van der Waals surface area contributed by atoms with Gasteiger partial charge in [-0.2, -0.15) is 4.90 Å². The first-order valence-corrected chi connectivity index (χ1v) is 10.9. The first-order chi connectivity index (χ1) is 16.1. The number of Topliss-reactive ketones (excluding diaryl/α,β-unsaturated/α-hetero) is 1. The molecule has 1 aromatic rings. The van der Waals surface area contributed by atoms with Crippen LogP contribution in [0.3, 0.4) is 0 Å². The van der Waals surface area contributed by atoms with Gasteiger partial charge in [0.25, 0.3) is 0 Å². The molecule has 1 heterocycles. The Hall–Kier alpha value is -4.01. The molecule has 5 rings (SSSR count). The SMILES string of the molecule is COc1ccc(O)c([C@H]2C3=CC[C@@H]4C(=O)N(C(N)=O)C(=O)[C@@H]4[C@@H]3CC3=C2C(=O)C=C(C)C3=O)c1. The fraction of sp³-hybridized carbons (Fsp3) is 0.320. The molecule has 1 aliphatic heterocycles. The summed E-state index contributed by atoms with van der Waals surface area (Å²) in [4.78, 5) is 64.6. The molecular formula is C25H22N2O7. The standard InChI is InChI=1S/C25H22N2O7/c1-10-7-18(29)21-16(22(10)30)9-14-12(19(21)15-8-11(34-2)3-6-17(15)28)4-5-13-20(14)24(32)27(23(13)31)25(26)33/h3-4,6-8,13-14,19-20,28H,5,9H2,1-2H3,(H2,26,33)/t13-,14+,19+,20-/m0/s1. The zero-order valence-corrected chi connectivity index (χ0v) is 18.5. The number of carbonyl (C=O) groups is 5. The molecule has 3 N–H and O–H groups in total. The van der Waals surface area contributed by atoms with E-state index in [1.807, 2.05) is 0 Å². The van der Waals surface area contributed by atoms with Gasteiger partial charge in [0.2, 0.25) is 11.8 Å². The molecule has 4 atom stereocenters. The third-order valence-electron chi connectivity index (χ3n) is 7.33. The van der Waals surface area contributed by atoms with Gasteiger partial charge in [-0.3, -0.25) is 19.2 Å². The Balaban J connectivity index is 1.72. The number of nitrogens with two attached hydrogens (primary N) is 1. The molecule has 0 spiro atoms. The van der Waals surface area contributed by atoms with Crippen LogP contribution in [0.15, 0.2) is 52.6 Å². The maximum atomic E-state index is 13.2. The highest BCUT2D eigenvalue weighted by Gasteiger charge is 2.57. The van der Waals surface area contributed by atoms with Crippen molar-refractivity contribution >= 4 is 29.4 Å². The van der Waals surface area contributed by atoms with Crippen molar-refractivity contribution in [2.45, 2.75) is 25.7 Å². The van der Waals surface area contributed by atoms with Gasteiger partial charge in [0.15, 0.2) is 11.6 Å². The maximum absolute atomic E-state index is 13.2. The van der Waals surface area contributed by atoms with Crippen LogP contribution in [0.2, 0.25) is 0 Å². The van der Waals surface area contributed by atoms with Crippen molar-refractivity contribution in [1.82, 2.24) is 4.90 Å². The van der Waals surface area contributed by atoms with E-state index in [-0.39, 0.29) is 46.9 Å². The summed E-state index contributed by atoms with van der Waals surface area (Å²) in [5.74, 6) is -4.74. The molecule has 1 fully saturated rings. The Morgan fingerprint density at radius 1 is 1.15 bits per heavy atom. The minimum Gasteiger partial charge on any atom is -0.508 e. The lowest BCUT2D eigenvalue weighted by Crippen LogP contribution is -2.42. The van der Waals surface area contributed by atoms with Gasteiger partial charge in [0.1, 0.15) is 11.5 Å². The van der Waals surface area contributed by atoms with Gasteiger partial charge in [0, 0.05) is 28.2 Å². The van der Waals surface area contributed by atoms with Crippen molar-refractivity contribution in [3.63, 3.8) is 0 Å². The molecule has 1 saturated heterocycles. The zero-order valence-electron chi connectivity index (χ0n) is 18.5. The van der Waals surface area contributed by atoms with Crippen LogP contribution in [0.4, 0.5) is 4.79 Å². The molecule has 1 aromatic carbocycles. The van der Waals surface area contributed by atoms with Crippen LogP contribution in [0.1, 0.15) is 31.2 Å². The van der Waals surface area contributed by atoms with E-state index in [9.17, 15) is 29.1 Å². The molecule has 0 bridgehead atoms. The Labute approximate surface area is 194 Å². The van der Waals surface area contributed by atoms with Crippen molar-refractivity contribution < 1.29 is 33.8 Å². The number of imide groups is 3. The Morgan fingerprint density at radius 3 is 2.56 bits per heavy atom. The van der Waals surface area contributed by atoms with E-state index >= 15 is 0 Å². The third-order valence-corrected chi connectivity index (χ3v) is 7.33. The normalized spacial score (nSPS) is 28.2. The van der Waals surface area contributed by atoms with Crippen LogP contribution in [-0.4, -0.2) is 46.5 Å². The van der Waals surface area contributed by atoms with Crippen LogP contribution < -0.4 is 10.5 Å². The van der Waals surface area contributed by atoms with Crippen LogP contribution in [0.5, 0.6) is 11.5 Å². The fourth-order valence-electron chi connectivity index (χ4n) is 5.85. The highest BCUT2D eigenvalue weighted by atomic mass is 16.5. The van der Waals surface area contributed by atoms with Crippen molar-refractivity contribution in [2.24, 2.45) is 23.5 Å². The molecule has 0 radical (unpaired) electrons. The number of nitrogens with zero attached hydrogens (tertiary/aromatic N) is 1. The Bertz CT molecular complexity index is 1300. The first-order valence-electron chi connectivity index (χ1n) is 10.9. The van der Waals surface area contributed by atoms with E-state index in [1.165, 1.54) is 19.3 Å². The number of rotatable bonds is 2. The number of carbonyl (C=O) groups excluding carboxylic acids is 5. The predicted octanol–water partition coefficient (Wildman–Crippen LogP) is 1.91. The highest BCUT2D eigenvalue weighted by molar-refractivity contribution is 6.24. The highest BCUT2D eigenvalue weighted by Crippen LogP contribution is 2.56. The van der Waals surface area contributed by atoms with E-state index in [1.54, 1.807) is 25.1 Å². The number of ether oxygens (including phenoxy) is 1. The summed E-state index contributed by atoms with van der Waals surface area (Å²) in [5, 5.41) is 10.8. The number of benzene rings is 1. The molecule has 3 aliphatic carbocycles. The Kier molecular flexibility index (Phi) is 4.82. The predicted molar refractivity (Wildman–Crippen MR) is 117 cm³/mol. The van der Waals surface area contributed by atoms with Crippen LogP contribution in [-0.2, 0) is 19.2 Å². The van der Waals surface area contributed by atoms with Crippen molar-refractivity contribution in [2.75, 3.05) is 7.11 Å². The molecule has 9 nitrogen and oxygen atoms in total. The first kappa shape index (κ1) is 21.8. The Morgan fingerprint density at radius 2 is 1.88 bits per heavy atom. The largest absolute Gasteiger partial charge is 0.508 e. The quantitative estimate of drug-likeness (QED) is 0.388. The van der Waals surface area contributed by atoms with E-state index in [0.29, 0.717) is 21.8 Å². The fourth-order valence-corrected chi connectivity index (χ4v) is 5.85. The van der Waals surface area contributed by atoms with Gasteiger partial charge in [0.05, 0.1) is 18.9 Å². The number of likely N-dealkylation sites (tertiary alicyclic amines) is 1. The number of hydrogen-bond donors (Lipinski definition) is 2. The average molecular weight is 462 g/mol. The molecular weight excluding hydrogens is 440 g/mol. The summed E-state index contributed by atoms with van der Waals surface area (Å²) >= 11 is 0. The lowest BCUT2D eigenvalue weighted by molar-refractivity contribution is -0.136. The van der Waals surface area contributed by atoms with Gasteiger partial charge >= 0.3 is 6.03 Å². The number of methoxy groups -OCH3 is 1. The molecule has 174 valence electrons. The van der Waals surface area contributed by atoms with Crippen molar-refractivity contribution in [3.8, 4) is 11.5 Å². The van der Waals surface area contributed by atoms with Crippen molar-refractivity contribution in [3.05, 3.63) is 58.2 Å². The van der Waals surface area contributed by atoms with E-state index < -0.39 is 41.5 Å². The minimum atomic E-state index is -1.13. The summed E-state index contributed by atoms with van der Waals surface area (Å²) in [7, 11) is 1.47. The number of allylic oxidation sites excluding steroid dienone is 6. The number of phenols is 1. The van der Waals surface area contributed by atoms with E-state index in [2.05, 4.69) is 0 Å². The zero-order chi connectivity index (χ0) is 24.5. The molecule has 0 saturated carbocycles. The lowest BCUT2D eigenvalue weighted by Gasteiger charge is -2.42. The molecule has 4 amide bonds. The molecule has 4 aliphatic rings. The summed E-state index contributed by atoms with van der Waals surface area (Å²) < 4.78 is 5.31. The number of aromatic hydroxyl groups is 1. The van der Waals surface area contributed by atoms with Crippen LogP contribution >= 0.6 is 0 Å². The number of hydrogen-bond acceptors (Lipinski definition) is 7. The van der Waals surface area contributed by atoms with Gasteiger partial charge in [-0.05, 0) is 50.0 Å². The second-order valence-corrected chi connectivity index (χ2v) is 9.00. The number of primary amides is 1. The summed E-state index contributed by atoms with van der Waals surface area (Å²) in [6, 6.07) is 3.48. The summed E-state index contributed by atoms with van der Waals surface area (Å²) in [5.41, 5.74) is 7.12. The topological polar surface area (TPSA) is 144 Å². The third kappa shape index (κ3) is 2.89. The lowest BCUT2D eigenvalue weighted by atomic mass is 9.59. The molecule has 9 heteroatoms. The van der Waals surface area contributed by atoms with Crippen LogP contribution in [0, 0.1) is 17.8 Å². The number of fused-ring (bicyclic) bond motifs is 3. The average Bonchev–Trinajstić information content (AvgIpc) is 3.06. The van der Waals surface area contributed by atoms with E-state index in [0.717, 1.165) is 0 Å². The maximum Gasteiger partial charge on any atom is 0.328 e. The van der Waals surface area contributed by atoms with Gasteiger partial charge in [-0.15, -0.1) is 0 Å². The molecule has 34 heavy (non-hydrogen) atoms. The van der Waals surface area contributed by atoms with Crippen molar-refractivity contribution in [1.29, 1.82) is 0 Å². The smallest absolute Gasteiger partial charge is 0.328 e. The monoisotopic (exact) mass is 462 g/mol. The van der Waals surface area contributed by atoms with Gasteiger partial charge < -0.3 is 15.6 Å². The number of amides is 4. The molecule has 0 unspecified atom stereocenters. The number of phenolic OH excluding ortho intramolecular Hbond substituents is 1.